The summed E-state index contributed by atoms with van der Waals surface area (Å²) in [4.78, 5) is 20.3. The van der Waals surface area contributed by atoms with Crippen LogP contribution in [-0.2, 0) is 4.74 Å². The summed E-state index contributed by atoms with van der Waals surface area (Å²) in [6, 6.07) is 9.20. The van der Waals surface area contributed by atoms with Gasteiger partial charge in [-0.05, 0) is 43.5 Å². The monoisotopic (exact) mass is 442 g/mol. The lowest BCUT2D eigenvalue weighted by atomic mass is 10.1. The Kier molecular flexibility index (Phi) is 6.29. The van der Waals surface area contributed by atoms with Crippen LogP contribution >= 0.6 is 11.3 Å². The molecule has 1 aliphatic heterocycles. The number of amides is 1. The second-order valence-electron chi connectivity index (χ2n) is 7.35. The van der Waals surface area contributed by atoms with Crippen LogP contribution in [0.3, 0.4) is 0 Å². The van der Waals surface area contributed by atoms with Gasteiger partial charge in [0.15, 0.2) is 16.6 Å². The van der Waals surface area contributed by atoms with Gasteiger partial charge in [-0.15, -0.1) is 0 Å². The maximum absolute atomic E-state index is 13.8. The Morgan fingerprint density at radius 3 is 2.65 bits per heavy atom. The molecule has 0 bridgehead atoms. The molecule has 1 amide bonds. The Hall–Kier alpha value is -2.84. The van der Waals surface area contributed by atoms with Crippen molar-refractivity contribution < 1.29 is 23.7 Å². The van der Waals surface area contributed by atoms with Gasteiger partial charge in [0.25, 0.3) is 5.91 Å². The van der Waals surface area contributed by atoms with Crippen molar-refractivity contribution in [3.05, 3.63) is 41.5 Å². The van der Waals surface area contributed by atoms with Crippen LogP contribution in [0.4, 0.5) is 5.13 Å². The van der Waals surface area contributed by atoms with E-state index in [0.29, 0.717) is 41.1 Å². The van der Waals surface area contributed by atoms with Crippen molar-refractivity contribution in [2.45, 2.75) is 25.9 Å². The topological polar surface area (TPSA) is 70.1 Å². The van der Waals surface area contributed by atoms with E-state index in [9.17, 15) is 4.79 Å². The molecule has 1 aromatic heterocycles. The Balaban J connectivity index is 1.81. The van der Waals surface area contributed by atoms with Crippen LogP contribution in [0.15, 0.2) is 30.3 Å². The molecule has 0 N–H and O–H groups in total. The van der Waals surface area contributed by atoms with E-state index in [1.165, 1.54) is 18.4 Å². The number of nitrogens with zero attached hydrogens (tertiary/aromatic N) is 2. The fourth-order valence-electron chi connectivity index (χ4n) is 3.82. The highest BCUT2D eigenvalue weighted by molar-refractivity contribution is 7.22. The number of carbonyl (C=O) groups excluding carboxylic acids is 1. The number of fused-ring (bicyclic) bond motifs is 1. The van der Waals surface area contributed by atoms with Crippen molar-refractivity contribution in [1.82, 2.24) is 4.98 Å². The minimum absolute atomic E-state index is 0.0319. The number of para-hydroxylation sites is 1. The maximum Gasteiger partial charge on any atom is 0.264 e. The van der Waals surface area contributed by atoms with Crippen LogP contribution in [0.2, 0.25) is 0 Å². The molecule has 31 heavy (non-hydrogen) atoms. The third-order valence-electron chi connectivity index (χ3n) is 5.43. The van der Waals surface area contributed by atoms with Gasteiger partial charge in [-0.1, -0.05) is 23.5 Å². The first kappa shape index (κ1) is 21.4. The summed E-state index contributed by atoms with van der Waals surface area (Å²) in [5, 5.41) is 0.605. The summed E-state index contributed by atoms with van der Waals surface area (Å²) in [5.74, 6) is 1.39. The maximum atomic E-state index is 13.8. The van der Waals surface area contributed by atoms with Crippen molar-refractivity contribution in [3.8, 4) is 17.2 Å². The third kappa shape index (κ3) is 4.05. The van der Waals surface area contributed by atoms with E-state index in [-0.39, 0.29) is 12.0 Å². The smallest absolute Gasteiger partial charge is 0.264 e. The molecule has 2 aromatic carbocycles. The Labute approximate surface area is 185 Å². The van der Waals surface area contributed by atoms with Crippen LogP contribution in [0.25, 0.3) is 10.2 Å². The Morgan fingerprint density at radius 2 is 1.97 bits per heavy atom. The van der Waals surface area contributed by atoms with Gasteiger partial charge >= 0.3 is 0 Å². The molecule has 8 heteroatoms. The van der Waals surface area contributed by atoms with Gasteiger partial charge < -0.3 is 18.9 Å². The summed E-state index contributed by atoms with van der Waals surface area (Å²) < 4.78 is 23.2. The SMILES string of the molecule is COc1cccc(C(=O)N(CC2CCCO2)c2nc3c(OC)ccc(C)c3s2)c1OC. The third-order valence-corrected chi connectivity index (χ3v) is 6.65. The highest BCUT2D eigenvalue weighted by Crippen LogP contribution is 2.38. The second kappa shape index (κ2) is 9.11. The van der Waals surface area contributed by atoms with E-state index in [1.54, 1.807) is 37.3 Å². The molecule has 2 heterocycles. The average Bonchev–Trinajstić information content (AvgIpc) is 3.47. The van der Waals surface area contributed by atoms with E-state index >= 15 is 0 Å². The van der Waals surface area contributed by atoms with Gasteiger partial charge in [-0.3, -0.25) is 9.69 Å². The van der Waals surface area contributed by atoms with E-state index in [1.807, 2.05) is 19.1 Å². The standard InChI is InChI=1S/C23H26N2O5S/c1-14-10-11-17(27-2)19-21(14)31-23(24-19)25(13-15-7-6-12-30-15)22(26)16-8-5-9-18(28-3)20(16)29-4/h5,8-11,15H,6-7,12-13H2,1-4H3. The van der Waals surface area contributed by atoms with E-state index in [4.69, 9.17) is 23.9 Å². The summed E-state index contributed by atoms with van der Waals surface area (Å²) in [7, 11) is 4.71. The fraction of sp³-hybridized carbons (Fsp3) is 0.391. The number of thiazole rings is 1. The molecule has 0 saturated carbocycles. The predicted octanol–water partition coefficient (Wildman–Crippen LogP) is 4.46. The Bertz CT molecular complexity index is 1090. The molecule has 7 nitrogen and oxygen atoms in total. The van der Waals surface area contributed by atoms with Crippen molar-refractivity contribution >= 4 is 32.6 Å². The number of aryl methyl sites for hydroxylation is 1. The zero-order chi connectivity index (χ0) is 22.0. The highest BCUT2D eigenvalue weighted by atomic mass is 32.1. The molecule has 0 radical (unpaired) electrons. The first-order valence-electron chi connectivity index (χ1n) is 10.2. The molecule has 1 atom stereocenters. The minimum atomic E-state index is -0.207. The quantitative estimate of drug-likeness (QED) is 0.538. The largest absolute Gasteiger partial charge is 0.494 e. The van der Waals surface area contributed by atoms with Gasteiger partial charge in [-0.2, -0.15) is 0 Å². The first-order chi connectivity index (χ1) is 15.1. The molecule has 1 aliphatic rings. The number of carbonyl (C=O) groups is 1. The van der Waals surface area contributed by atoms with Crippen LogP contribution < -0.4 is 19.1 Å². The first-order valence-corrected chi connectivity index (χ1v) is 11.0. The van der Waals surface area contributed by atoms with Crippen LogP contribution in [0.5, 0.6) is 17.2 Å². The Morgan fingerprint density at radius 1 is 1.16 bits per heavy atom. The molecule has 1 fully saturated rings. The number of ether oxygens (including phenoxy) is 4. The zero-order valence-electron chi connectivity index (χ0n) is 18.1. The van der Waals surface area contributed by atoms with E-state index in [0.717, 1.165) is 28.6 Å². The summed E-state index contributed by atoms with van der Waals surface area (Å²) in [5.41, 5.74) is 2.26. The molecule has 0 aliphatic carbocycles. The molecule has 0 spiro atoms. The van der Waals surface area contributed by atoms with Gasteiger partial charge in [0.2, 0.25) is 0 Å². The number of aromatic nitrogens is 1. The minimum Gasteiger partial charge on any atom is -0.494 e. The molecule has 1 unspecified atom stereocenters. The molecular formula is C23H26N2O5S. The van der Waals surface area contributed by atoms with Gasteiger partial charge in [-0.25, -0.2) is 4.98 Å². The normalized spacial score (nSPS) is 15.8. The molecule has 1 saturated heterocycles. The van der Waals surface area contributed by atoms with Crippen molar-refractivity contribution in [2.75, 3.05) is 39.4 Å². The number of methoxy groups -OCH3 is 3. The van der Waals surface area contributed by atoms with Crippen molar-refractivity contribution in [1.29, 1.82) is 0 Å². The van der Waals surface area contributed by atoms with Gasteiger partial charge in [0.05, 0.1) is 44.2 Å². The second-order valence-corrected chi connectivity index (χ2v) is 8.33. The summed E-state index contributed by atoms with van der Waals surface area (Å²) in [6.07, 6.45) is 1.87. The number of rotatable bonds is 7. The number of benzene rings is 2. The number of hydrogen-bond acceptors (Lipinski definition) is 7. The molecular weight excluding hydrogens is 416 g/mol. The lowest BCUT2D eigenvalue weighted by Gasteiger charge is -2.24. The van der Waals surface area contributed by atoms with Crippen LogP contribution in [-0.4, -0.2) is 51.5 Å². The van der Waals surface area contributed by atoms with Crippen molar-refractivity contribution in [2.24, 2.45) is 0 Å². The molecule has 3 aromatic rings. The van der Waals surface area contributed by atoms with Crippen LogP contribution in [0, 0.1) is 6.92 Å². The lowest BCUT2D eigenvalue weighted by Crippen LogP contribution is -2.37. The predicted molar refractivity (Wildman–Crippen MR) is 121 cm³/mol. The van der Waals surface area contributed by atoms with Gasteiger partial charge in [0, 0.05) is 6.61 Å². The molecule has 164 valence electrons. The summed E-state index contributed by atoms with van der Waals surface area (Å²) >= 11 is 1.48. The lowest BCUT2D eigenvalue weighted by molar-refractivity contribution is 0.0914. The van der Waals surface area contributed by atoms with E-state index in [2.05, 4.69) is 0 Å². The van der Waals surface area contributed by atoms with Gasteiger partial charge in [0.1, 0.15) is 11.3 Å². The van der Waals surface area contributed by atoms with Crippen LogP contribution in [0.1, 0.15) is 28.8 Å². The van der Waals surface area contributed by atoms with Crippen molar-refractivity contribution in [3.63, 3.8) is 0 Å². The number of hydrogen-bond donors (Lipinski definition) is 0. The zero-order valence-corrected chi connectivity index (χ0v) is 19.0. The highest BCUT2D eigenvalue weighted by Gasteiger charge is 2.30. The number of anilines is 1. The average molecular weight is 443 g/mol. The fourth-order valence-corrected chi connectivity index (χ4v) is 4.88. The summed E-state index contributed by atoms with van der Waals surface area (Å²) in [6.45, 7) is 3.16. The van der Waals surface area contributed by atoms with E-state index < -0.39 is 0 Å². The molecule has 4 rings (SSSR count).